The minimum absolute atomic E-state index is 0.259. The summed E-state index contributed by atoms with van der Waals surface area (Å²) in [7, 11) is -3.25. The number of allylic oxidation sites excluding steroid dienone is 3. The van der Waals surface area contributed by atoms with Gasteiger partial charge >= 0.3 is 7.60 Å². The second kappa shape index (κ2) is 8.99. The van der Waals surface area contributed by atoms with E-state index in [1.807, 2.05) is 76.3 Å². The maximum absolute atomic E-state index is 12.9. The molecule has 0 heterocycles. The van der Waals surface area contributed by atoms with E-state index in [9.17, 15) is 4.57 Å². The summed E-state index contributed by atoms with van der Waals surface area (Å²) >= 11 is 0. The average Bonchev–Trinajstić information content (AvgIpc) is 2.44. The molecule has 4 heteroatoms. The van der Waals surface area contributed by atoms with Crippen molar-refractivity contribution in [3.05, 3.63) is 53.4 Å². The second-order valence-corrected chi connectivity index (χ2v) is 6.94. The highest BCUT2D eigenvalue weighted by Crippen LogP contribution is 2.57. The molecule has 1 aromatic rings. The summed E-state index contributed by atoms with van der Waals surface area (Å²) < 4.78 is 23.8. The summed E-state index contributed by atoms with van der Waals surface area (Å²) in [5.41, 5.74) is 1.05. The summed E-state index contributed by atoms with van der Waals surface area (Å²) in [5.74, 6) is 0.259. The molecule has 116 valence electrons. The predicted molar refractivity (Wildman–Crippen MR) is 89.3 cm³/mol. The van der Waals surface area contributed by atoms with Gasteiger partial charge in [0.05, 0.1) is 18.5 Å². The Balaban J connectivity index is 3.11. The minimum Gasteiger partial charge on any atom is -0.306 e. The molecule has 0 bridgehead atoms. The normalized spacial score (nSPS) is 13.3. The summed E-state index contributed by atoms with van der Waals surface area (Å²) in [6, 6.07) is 9.89. The Kier molecular flexibility index (Phi) is 7.66. The predicted octanol–water partition coefficient (Wildman–Crippen LogP) is 5.51. The van der Waals surface area contributed by atoms with Crippen LogP contribution in [0.1, 0.15) is 33.3 Å². The van der Waals surface area contributed by atoms with Crippen LogP contribution >= 0.6 is 7.60 Å². The zero-order valence-corrected chi connectivity index (χ0v) is 14.2. The lowest BCUT2D eigenvalue weighted by Crippen LogP contribution is -1.99. The van der Waals surface area contributed by atoms with Crippen LogP contribution in [0.2, 0.25) is 0 Å². The van der Waals surface area contributed by atoms with Gasteiger partial charge in [0.25, 0.3) is 0 Å². The van der Waals surface area contributed by atoms with E-state index in [0.717, 1.165) is 5.56 Å². The molecule has 1 aromatic carbocycles. The van der Waals surface area contributed by atoms with Crippen molar-refractivity contribution in [2.75, 3.05) is 13.2 Å². The van der Waals surface area contributed by atoms with Gasteiger partial charge in [-0.3, -0.25) is 4.57 Å². The first-order chi connectivity index (χ1) is 10.0. The molecule has 0 aliphatic rings. The van der Waals surface area contributed by atoms with Crippen molar-refractivity contribution < 1.29 is 13.6 Å². The smallest absolute Gasteiger partial charge is 0.306 e. The molecule has 0 saturated heterocycles. The Morgan fingerprint density at radius 2 is 1.71 bits per heavy atom. The maximum atomic E-state index is 12.9. The van der Waals surface area contributed by atoms with E-state index in [2.05, 4.69) is 0 Å². The summed E-state index contributed by atoms with van der Waals surface area (Å²) in [5, 5.41) is 0.616. The molecular formula is C17H25O3P. The first-order valence-corrected chi connectivity index (χ1v) is 8.90. The highest BCUT2D eigenvalue weighted by molar-refractivity contribution is 7.58. The van der Waals surface area contributed by atoms with Crippen LogP contribution in [0.3, 0.4) is 0 Å². The number of hydrogen-bond acceptors (Lipinski definition) is 3. The molecule has 0 aliphatic heterocycles. The number of rotatable bonds is 8. The molecule has 0 amide bonds. The topological polar surface area (TPSA) is 35.5 Å². The molecule has 0 saturated carbocycles. The van der Waals surface area contributed by atoms with Gasteiger partial charge in [0.15, 0.2) is 0 Å². The van der Waals surface area contributed by atoms with E-state index in [-0.39, 0.29) is 5.92 Å². The lowest BCUT2D eigenvalue weighted by Gasteiger charge is -2.18. The molecule has 0 fully saturated rings. The zero-order valence-electron chi connectivity index (χ0n) is 13.3. The molecule has 21 heavy (non-hydrogen) atoms. The first kappa shape index (κ1) is 17.9. The van der Waals surface area contributed by atoms with Crippen LogP contribution in [0, 0.1) is 5.92 Å². The van der Waals surface area contributed by atoms with Crippen LogP contribution in [0.4, 0.5) is 0 Å². The summed E-state index contributed by atoms with van der Waals surface area (Å²) in [6.45, 7) is 8.42. The van der Waals surface area contributed by atoms with Crippen molar-refractivity contribution in [2.45, 2.75) is 27.7 Å². The van der Waals surface area contributed by atoms with E-state index in [0.29, 0.717) is 18.5 Å². The van der Waals surface area contributed by atoms with Crippen LogP contribution in [0.5, 0.6) is 0 Å². The Morgan fingerprint density at radius 3 is 2.19 bits per heavy atom. The maximum Gasteiger partial charge on any atom is 0.360 e. The summed E-state index contributed by atoms with van der Waals surface area (Å²) in [6.07, 6.45) is 5.70. The van der Waals surface area contributed by atoms with E-state index in [4.69, 9.17) is 9.05 Å². The van der Waals surface area contributed by atoms with Gasteiger partial charge in [0.1, 0.15) is 0 Å². The van der Waals surface area contributed by atoms with Crippen LogP contribution in [-0.2, 0) is 13.6 Å². The van der Waals surface area contributed by atoms with Crippen molar-refractivity contribution in [3.8, 4) is 0 Å². The Hall–Kier alpha value is -1.15. The minimum atomic E-state index is -3.25. The SMILES string of the molecule is CCOP(=O)(OCC)C(=C\C(C)C)/C=C/c1ccccc1. The fourth-order valence-electron chi connectivity index (χ4n) is 1.85. The van der Waals surface area contributed by atoms with E-state index in [1.165, 1.54) is 0 Å². The van der Waals surface area contributed by atoms with Gasteiger partial charge in [-0.05, 0) is 31.4 Å². The quantitative estimate of drug-likeness (QED) is 0.469. The largest absolute Gasteiger partial charge is 0.360 e. The number of hydrogen-bond donors (Lipinski definition) is 0. The van der Waals surface area contributed by atoms with Gasteiger partial charge < -0.3 is 9.05 Å². The standard InChI is InChI=1S/C17H25O3P/c1-5-19-21(18,20-6-2)17(14-15(3)4)13-12-16-10-8-7-9-11-16/h7-15H,5-6H2,1-4H3/b13-12+,17-14-. The third kappa shape index (κ3) is 6.01. The summed E-state index contributed by atoms with van der Waals surface area (Å²) in [4.78, 5) is 0. The van der Waals surface area contributed by atoms with Gasteiger partial charge in [0.2, 0.25) is 0 Å². The van der Waals surface area contributed by atoms with E-state index >= 15 is 0 Å². The molecule has 0 aromatic heterocycles. The van der Waals surface area contributed by atoms with Crippen LogP contribution in [-0.4, -0.2) is 13.2 Å². The molecule has 0 atom stereocenters. The van der Waals surface area contributed by atoms with Gasteiger partial charge in [0, 0.05) is 0 Å². The Morgan fingerprint density at radius 1 is 1.14 bits per heavy atom. The van der Waals surface area contributed by atoms with E-state index in [1.54, 1.807) is 0 Å². The molecule has 0 radical (unpaired) electrons. The van der Waals surface area contributed by atoms with E-state index < -0.39 is 7.60 Å². The van der Waals surface area contributed by atoms with Gasteiger partial charge in [-0.25, -0.2) is 0 Å². The van der Waals surface area contributed by atoms with Crippen molar-refractivity contribution in [2.24, 2.45) is 5.92 Å². The molecule has 1 rings (SSSR count). The molecule has 0 unspecified atom stereocenters. The highest BCUT2D eigenvalue weighted by Gasteiger charge is 2.27. The van der Waals surface area contributed by atoms with Crippen LogP contribution < -0.4 is 0 Å². The van der Waals surface area contributed by atoms with Crippen molar-refractivity contribution in [1.82, 2.24) is 0 Å². The second-order valence-electron chi connectivity index (χ2n) is 4.91. The van der Waals surface area contributed by atoms with Crippen molar-refractivity contribution in [1.29, 1.82) is 0 Å². The van der Waals surface area contributed by atoms with Gasteiger partial charge in [-0.2, -0.15) is 0 Å². The number of benzene rings is 1. The zero-order chi connectivity index (χ0) is 15.7. The lowest BCUT2D eigenvalue weighted by molar-refractivity contribution is 0.227. The third-order valence-corrected chi connectivity index (χ3v) is 4.79. The van der Waals surface area contributed by atoms with Crippen molar-refractivity contribution in [3.63, 3.8) is 0 Å². The Bertz CT molecular complexity index is 508. The van der Waals surface area contributed by atoms with Crippen molar-refractivity contribution >= 4 is 13.7 Å². The van der Waals surface area contributed by atoms with Gasteiger partial charge in [-0.15, -0.1) is 0 Å². The van der Waals surface area contributed by atoms with Crippen LogP contribution in [0.15, 0.2) is 47.8 Å². The Labute approximate surface area is 128 Å². The fourth-order valence-corrected chi connectivity index (χ4v) is 3.64. The molecule has 0 spiro atoms. The molecule has 0 aliphatic carbocycles. The third-order valence-electron chi connectivity index (χ3n) is 2.66. The van der Waals surface area contributed by atoms with Crippen LogP contribution in [0.25, 0.3) is 6.08 Å². The first-order valence-electron chi connectivity index (χ1n) is 7.36. The molecule has 0 N–H and O–H groups in total. The molecular weight excluding hydrogens is 283 g/mol. The highest BCUT2D eigenvalue weighted by atomic mass is 31.2. The molecule has 3 nitrogen and oxygen atoms in total. The average molecular weight is 308 g/mol. The van der Waals surface area contributed by atoms with Gasteiger partial charge in [-0.1, -0.05) is 56.3 Å². The monoisotopic (exact) mass is 308 g/mol. The lowest BCUT2D eigenvalue weighted by atomic mass is 10.2. The fraction of sp³-hybridized carbons (Fsp3) is 0.412.